The molecule has 1 atom stereocenters. The van der Waals surface area contributed by atoms with E-state index in [1.165, 1.54) is 0 Å². The number of hydrogen-bond donors (Lipinski definition) is 0. The Bertz CT molecular complexity index is 360. The van der Waals surface area contributed by atoms with Gasteiger partial charge in [0, 0.05) is 10.6 Å². The average molecular weight is 213 g/mol. The van der Waals surface area contributed by atoms with E-state index < -0.39 is 0 Å². The molecule has 1 aliphatic heterocycles. The van der Waals surface area contributed by atoms with E-state index in [9.17, 15) is 0 Å². The predicted molar refractivity (Wildman–Crippen MR) is 55.9 cm³/mol. The predicted octanol–water partition coefficient (Wildman–Crippen LogP) is 3.20. The Kier molecular flexibility index (Phi) is 2.20. The van der Waals surface area contributed by atoms with Crippen LogP contribution >= 0.6 is 11.6 Å². The van der Waals surface area contributed by atoms with Crippen LogP contribution in [0.1, 0.15) is 25.5 Å². The standard InChI is InChI=1S/C11H13ClO2/c1-11(2)10(14-11)8-6-7(12)4-5-9(8)13-3/h4-6,10H,1-3H3. The van der Waals surface area contributed by atoms with Gasteiger partial charge in [0.1, 0.15) is 11.9 Å². The quantitative estimate of drug-likeness (QED) is 0.703. The molecule has 1 fully saturated rings. The van der Waals surface area contributed by atoms with Gasteiger partial charge in [0.25, 0.3) is 0 Å². The first-order valence-corrected chi connectivity index (χ1v) is 4.93. The van der Waals surface area contributed by atoms with Crippen LogP contribution in [0.15, 0.2) is 18.2 Å². The van der Waals surface area contributed by atoms with Crippen LogP contribution in [-0.4, -0.2) is 12.7 Å². The Morgan fingerprint density at radius 1 is 1.43 bits per heavy atom. The van der Waals surface area contributed by atoms with Gasteiger partial charge in [0.15, 0.2) is 0 Å². The van der Waals surface area contributed by atoms with Gasteiger partial charge in [0.05, 0.1) is 12.7 Å². The minimum absolute atomic E-state index is 0.0854. The first kappa shape index (κ1) is 9.81. The maximum atomic E-state index is 5.93. The van der Waals surface area contributed by atoms with E-state index in [-0.39, 0.29) is 11.7 Å². The van der Waals surface area contributed by atoms with Crippen molar-refractivity contribution in [1.29, 1.82) is 0 Å². The maximum Gasteiger partial charge on any atom is 0.124 e. The smallest absolute Gasteiger partial charge is 0.124 e. The lowest BCUT2D eigenvalue weighted by Crippen LogP contribution is -1.99. The number of halogens is 1. The lowest BCUT2D eigenvalue weighted by atomic mass is 10.0. The fourth-order valence-corrected chi connectivity index (χ4v) is 1.80. The lowest BCUT2D eigenvalue weighted by molar-refractivity contribution is 0.322. The highest BCUT2D eigenvalue weighted by atomic mass is 35.5. The van der Waals surface area contributed by atoms with Gasteiger partial charge in [-0.15, -0.1) is 0 Å². The number of hydrogen-bond acceptors (Lipinski definition) is 2. The normalized spacial score (nSPS) is 23.3. The third kappa shape index (κ3) is 1.60. The fraction of sp³-hybridized carbons (Fsp3) is 0.455. The first-order chi connectivity index (χ1) is 6.54. The highest BCUT2D eigenvalue weighted by Crippen LogP contribution is 2.51. The molecule has 0 amide bonds. The third-order valence-electron chi connectivity index (χ3n) is 2.47. The summed E-state index contributed by atoms with van der Waals surface area (Å²) in [4.78, 5) is 0. The summed E-state index contributed by atoms with van der Waals surface area (Å²) in [6, 6.07) is 5.59. The van der Waals surface area contributed by atoms with Crippen molar-refractivity contribution in [2.75, 3.05) is 7.11 Å². The number of epoxide rings is 1. The van der Waals surface area contributed by atoms with Crippen LogP contribution < -0.4 is 4.74 Å². The Morgan fingerprint density at radius 3 is 2.57 bits per heavy atom. The van der Waals surface area contributed by atoms with E-state index in [1.807, 2.05) is 18.2 Å². The van der Waals surface area contributed by atoms with Crippen LogP contribution in [-0.2, 0) is 4.74 Å². The second-order valence-corrected chi connectivity index (χ2v) is 4.42. The average Bonchev–Trinajstić information content (AvgIpc) is 2.75. The highest BCUT2D eigenvalue weighted by molar-refractivity contribution is 6.30. The molecule has 1 unspecified atom stereocenters. The van der Waals surface area contributed by atoms with E-state index in [1.54, 1.807) is 7.11 Å². The minimum Gasteiger partial charge on any atom is -0.496 e. The molecule has 14 heavy (non-hydrogen) atoms. The lowest BCUT2D eigenvalue weighted by Gasteiger charge is -2.07. The van der Waals surface area contributed by atoms with Crippen LogP contribution in [0.3, 0.4) is 0 Å². The van der Waals surface area contributed by atoms with Crippen LogP contribution in [0.25, 0.3) is 0 Å². The Morgan fingerprint density at radius 2 is 2.07 bits per heavy atom. The fourth-order valence-electron chi connectivity index (χ4n) is 1.62. The van der Waals surface area contributed by atoms with Gasteiger partial charge in [-0.1, -0.05) is 11.6 Å². The Balaban J connectivity index is 2.37. The van der Waals surface area contributed by atoms with Gasteiger partial charge in [-0.2, -0.15) is 0 Å². The molecule has 0 N–H and O–H groups in total. The molecule has 1 aromatic rings. The zero-order chi connectivity index (χ0) is 10.3. The van der Waals surface area contributed by atoms with E-state index in [4.69, 9.17) is 21.1 Å². The van der Waals surface area contributed by atoms with Gasteiger partial charge in [-0.05, 0) is 32.0 Å². The topological polar surface area (TPSA) is 21.8 Å². The third-order valence-corrected chi connectivity index (χ3v) is 2.71. The molecule has 1 heterocycles. The van der Waals surface area contributed by atoms with Gasteiger partial charge in [-0.3, -0.25) is 0 Å². The molecule has 0 radical (unpaired) electrons. The molecule has 0 aromatic heterocycles. The van der Waals surface area contributed by atoms with E-state index in [2.05, 4.69) is 13.8 Å². The van der Waals surface area contributed by atoms with Crippen molar-refractivity contribution in [2.45, 2.75) is 25.6 Å². The summed E-state index contributed by atoms with van der Waals surface area (Å²) in [5.41, 5.74) is 0.947. The summed E-state index contributed by atoms with van der Waals surface area (Å²) in [5.74, 6) is 0.838. The van der Waals surface area contributed by atoms with Gasteiger partial charge < -0.3 is 9.47 Å². The van der Waals surface area contributed by atoms with Crippen molar-refractivity contribution in [3.05, 3.63) is 28.8 Å². The zero-order valence-corrected chi connectivity index (χ0v) is 9.26. The second kappa shape index (κ2) is 3.14. The molecule has 3 heteroatoms. The van der Waals surface area contributed by atoms with Crippen LogP contribution in [0.2, 0.25) is 5.02 Å². The second-order valence-electron chi connectivity index (χ2n) is 3.99. The van der Waals surface area contributed by atoms with Gasteiger partial charge in [0.2, 0.25) is 0 Å². The van der Waals surface area contributed by atoms with Crippen molar-refractivity contribution in [1.82, 2.24) is 0 Å². The molecule has 0 saturated carbocycles. The summed E-state index contributed by atoms with van der Waals surface area (Å²) >= 11 is 5.93. The monoisotopic (exact) mass is 212 g/mol. The molecule has 2 rings (SSSR count). The summed E-state index contributed by atoms with van der Waals surface area (Å²) in [5, 5.41) is 0.715. The van der Waals surface area contributed by atoms with Crippen molar-refractivity contribution in [3.63, 3.8) is 0 Å². The Hall–Kier alpha value is -0.730. The summed E-state index contributed by atoms with van der Waals surface area (Å²) in [6.07, 6.45) is 0.108. The van der Waals surface area contributed by atoms with Crippen molar-refractivity contribution >= 4 is 11.6 Å². The first-order valence-electron chi connectivity index (χ1n) is 4.56. The molecular formula is C11H13ClO2. The molecular weight excluding hydrogens is 200 g/mol. The zero-order valence-electron chi connectivity index (χ0n) is 8.50. The van der Waals surface area contributed by atoms with E-state index in [0.717, 1.165) is 11.3 Å². The van der Waals surface area contributed by atoms with Crippen LogP contribution in [0.5, 0.6) is 5.75 Å². The molecule has 0 spiro atoms. The largest absolute Gasteiger partial charge is 0.496 e. The minimum atomic E-state index is -0.0854. The van der Waals surface area contributed by atoms with Crippen molar-refractivity contribution < 1.29 is 9.47 Å². The number of rotatable bonds is 2. The van der Waals surface area contributed by atoms with E-state index >= 15 is 0 Å². The SMILES string of the molecule is COc1ccc(Cl)cc1C1OC1(C)C. The molecule has 2 nitrogen and oxygen atoms in total. The summed E-state index contributed by atoms with van der Waals surface area (Å²) in [6.45, 7) is 4.11. The molecule has 0 aliphatic carbocycles. The molecule has 1 aliphatic rings. The summed E-state index contributed by atoms with van der Waals surface area (Å²) < 4.78 is 10.8. The number of methoxy groups -OCH3 is 1. The van der Waals surface area contributed by atoms with Crippen molar-refractivity contribution in [3.8, 4) is 5.75 Å². The number of benzene rings is 1. The molecule has 1 aromatic carbocycles. The van der Waals surface area contributed by atoms with Crippen LogP contribution in [0, 0.1) is 0 Å². The van der Waals surface area contributed by atoms with E-state index in [0.29, 0.717) is 5.02 Å². The Labute approximate surface area is 88.8 Å². The molecule has 1 saturated heterocycles. The van der Waals surface area contributed by atoms with Crippen molar-refractivity contribution in [2.24, 2.45) is 0 Å². The van der Waals surface area contributed by atoms with Crippen LogP contribution in [0.4, 0.5) is 0 Å². The highest BCUT2D eigenvalue weighted by Gasteiger charge is 2.50. The molecule has 0 bridgehead atoms. The maximum absolute atomic E-state index is 5.93. The molecule has 76 valence electrons. The van der Waals surface area contributed by atoms with Gasteiger partial charge >= 0.3 is 0 Å². The number of ether oxygens (including phenoxy) is 2. The summed E-state index contributed by atoms with van der Waals surface area (Å²) in [7, 11) is 1.65. The van der Waals surface area contributed by atoms with Gasteiger partial charge in [-0.25, -0.2) is 0 Å².